The van der Waals surface area contributed by atoms with Gasteiger partial charge in [0, 0.05) is 51.5 Å². The minimum absolute atomic E-state index is 0.180. The van der Waals surface area contributed by atoms with Crippen molar-refractivity contribution < 1.29 is 0 Å². The minimum atomic E-state index is -0.180. The summed E-state index contributed by atoms with van der Waals surface area (Å²) in [6.07, 6.45) is 10.9. The molecule has 226 valence electrons. The van der Waals surface area contributed by atoms with Crippen LogP contribution in [0.15, 0.2) is 157 Å². The van der Waals surface area contributed by atoms with Gasteiger partial charge < -0.3 is 9.13 Å². The van der Waals surface area contributed by atoms with E-state index in [4.69, 9.17) is 0 Å². The third-order valence-electron chi connectivity index (χ3n) is 9.29. The Morgan fingerprint density at radius 2 is 0.771 bits per heavy atom. The fourth-order valence-electron chi connectivity index (χ4n) is 7.28. The molecule has 0 fully saturated rings. The van der Waals surface area contributed by atoms with Gasteiger partial charge in [-0.25, -0.2) is 4.79 Å². The number of imidazole rings is 1. The van der Waals surface area contributed by atoms with Gasteiger partial charge in [-0.05, 0) is 66.7 Å². The fraction of sp³-hybridized carbons (Fsp3) is 0. The molecule has 0 aliphatic carbocycles. The van der Waals surface area contributed by atoms with E-state index in [9.17, 15) is 4.79 Å². The molecular formula is C40H25N7O. The maximum Gasteiger partial charge on any atom is 0.338 e. The van der Waals surface area contributed by atoms with E-state index in [-0.39, 0.29) is 5.69 Å². The van der Waals surface area contributed by atoms with E-state index < -0.39 is 0 Å². The lowest BCUT2D eigenvalue weighted by Crippen LogP contribution is -2.22. The van der Waals surface area contributed by atoms with Gasteiger partial charge >= 0.3 is 5.69 Å². The number of aromatic nitrogens is 7. The van der Waals surface area contributed by atoms with Gasteiger partial charge in [-0.2, -0.15) is 0 Å². The van der Waals surface area contributed by atoms with Crippen LogP contribution in [0.5, 0.6) is 0 Å². The summed E-state index contributed by atoms with van der Waals surface area (Å²) in [6, 6.07) is 38.9. The molecule has 0 bridgehead atoms. The molecule has 0 unspecified atom stereocenters. The Morgan fingerprint density at radius 1 is 0.354 bits per heavy atom. The highest BCUT2D eigenvalue weighted by molar-refractivity contribution is 6.09. The quantitative estimate of drug-likeness (QED) is 0.199. The van der Waals surface area contributed by atoms with Crippen molar-refractivity contribution in [3.8, 4) is 22.7 Å². The van der Waals surface area contributed by atoms with Crippen molar-refractivity contribution in [3.05, 3.63) is 163 Å². The van der Waals surface area contributed by atoms with Gasteiger partial charge in [-0.3, -0.25) is 24.1 Å². The van der Waals surface area contributed by atoms with Gasteiger partial charge in [-0.15, -0.1) is 0 Å². The van der Waals surface area contributed by atoms with Crippen LogP contribution in [-0.2, 0) is 0 Å². The number of para-hydroxylation sites is 2. The summed E-state index contributed by atoms with van der Waals surface area (Å²) in [7, 11) is 0. The van der Waals surface area contributed by atoms with E-state index in [1.807, 2.05) is 79.4 Å². The average Bonchev–Trinajstić information content (AvgIpc) is 3.77. The second kappa shape index (κ2) is 10.1. The first-order chi connectivity index (χ1) is 23.8. The first-order valence-electron chi connectivity index (χ1n) is 15.7. The summed E-state index contributed by atoms with van der Waals surface area (Å²) < 4.78 is 7.92. The first-order valence-corrected chi connectivity index (χ1v) is 15.7. The summed E-state index contributed by atoms with van der Waals surface area (Å²) >= 11 is 0. The zero-order chi connectivity index (χ0) is 31.8. The third kappa shape index (κ3) is 3.71. The Hall–Kier alpha value is -6.80. The molecule has 6 heterocycles. The maximum atomic E-state index is 14.6. The van der Waals surface area contributed by atoms with Gasteiger partial charge in [0.15, 0.2) is 0 Å². The van der Waals surface area contributed by atoms with Gasteiger partial charge in [0.2, 0.25) is 0 Å². The molecule has 0 N–H and O–H groups in total. The van der Waals surface area contributed by atoms with Crippen molar-refractivity contribution in [3.63, 3.8) is 0 Å². The number of nitrogens with zero attached hydrogens (tertiary/aromatic N) is 7. The van der Waals surface area contributed by atoms with Crippen molar-refractivity contribution in [1.29, 1.82) is 0 Å². The molecule has 10 rings (SSSR count). The van der Waals surface area contributed by atoms with Crippen LogP contribution < -0.4 is 5.69 Å². The lowest BCUT2D eigenvalue weighted by molar-refractivity contribution is 0.927. The molecule has 0 amide bonds. The molecule has 6 aromatic heterocycles. The van der Waals surface area contributed by atoms with Crippen LogP contribution in [0.4, 0.5) is 0 Å². The summed E-state index contributed by atoms with van der Waals surface area (Å²) in [6.45, 7) is 0. The summed E-state index contributed by atoms with van der Waals surface area (Å²) in [4.78, 5) is 27.9. The Morgan fingerprint density at radius 3 is 1.31 bits per heavy atom. The molecule has 48 heavy (non-hydrogen) atoms. The number of benzene rings is 4. The molecular weight excluding hydrogens is 594 g/mol. The Labute approximate surface area is 273 Å². The second-order valence-corrected chi connectivity index (χ2v) is 11.8. The van der Waals surface area contributed by atoms with Gasteiger partial charge in [0.25, 0.3) is 0 Å². The largest absolute Gasteiger partial charge is 0.338 e. The average molecular weight is 620 g/mol. The summed E-state index contributed by atoms with van der Waals surface area (Å²) in [5.41, 5.74) is 8.84. The van der Waals surface area contributed by atoms with Crippen molar-refractivity contribution in [1.82, 2.24) is 33.2 Å². The van der Waals surface area contributed by atoms with Crippen LogP contribution in [0.1, 0.15) is 0 Å². The molecule has 0 radical (unpaired) electrons. The van der Waals surface area contributed by atoms with Crippen LogP contribution in [0, 0.1) is 0 Å². The van der Waals surface area contributed by atoms with Gasteiger partial charge in [-0.1, -0.05) is 48.5 Å². The molecule has 0 saturated heterocycles. The lowest BCUT2D eigenvalue weighted by atomic mass is 10.2. The highest BCUT2D eigenvalue weighted by Crippen LogP contribution is 2.34. The Kier molecular flexibility index (Phi) is 5.56. The minimum Gasteiger partial charge on any atom is -0.308 e. The molecule has 10 aromatic rings. The normalized spacial score (nSPS) is 11.8. The molecule has 0 atom stereocenters. The highest BCUT2D eigenvalue weighted by Gasteiger charge is 2.19. The monoisotopic (exact) mass is 619 g/mol. The standard InChI is InChI=1S/C40H25N7O/c48-40-46(28-9-5-7-26(21-28)44-34-13-3-1-11-30(34)32-15-18-41-23-37(32)44)36-17-20-43-25-39(36)47(40)29-10-6-8-27(22-29)45-35-14-4-2-12-31(35)33-16-19-42-24-38(33)45/h1-25H. The van der Waals surface area contributed by atoms with E-state index in [1.165, 1.54) is 0 Å². The van der Waals surface area contributed by atoms with Crippen LogP contribution >= 0.6 is 0 Å². The van der Waals surface area contributed by atoms with E-state index >= 15 is 0 Å². The van der Waals surface area contributed by atoms with Crippen molar-refractivity contribution in [2.45, 2.75) is 0 Å². The Bertz CT molecular complexity index is 2640. The number of hydrogen-bond acceptors (Lipinski definition) is 4. The number of fused-ring (bicyclic) bond motifs is 7. The lowest BCUT2D eigenvalue weighted by Gasteiger charge is -2.11. The zero-order valence-electron chi connectivity index (χ0n) is 25.5. The highest BCUT2D eigenvalue weighted by atomic mass is 16.1. The van der Waals surface area contributed by atoms with E-state index in [0.717, 1.165) is 77.4 Å². The molecule has 0 aliphatic rings. The topological polar surface area (TPSA) is 75.5 Å². The van der Waals surface area contributed by atoms with E-state index in [1.54, 1.807) is 21.5 Å². The third-order valence-corrected chi connectivity index (χ3v) is 9.29. The van der Waals surface area contributed by atoms with Crippen molar-refractivity contribution >= 4 is 54.6 Å². The van der Waals surface area contributed by atoms with Gasteiger partial charge in [0.1, 0.15) is 0 Å². The summed E-state index contributed by atoms with van der Waals surface area (Å²) in [5.74, 6) is 0. The molecule has 8 nitrogen and oxygen atoms in total. The predicted molar refractivity (Wildman–Crippen MR) is 191 cm³/mol. The molecule has 0 aliphatic heterocycles. The summed E-state index contributed by atoms with van der Waals surface area (Å²) in [5, 5.41) is 4.56. The zero-order valence-corrected chi connectivity index (χ0v) is 25.5. The molecule has 8 heteroatoms. The first kappa shape index (κ1) is 26.4. The van der Waals surface area contributed by atoms with Crippen LogP contribution in [0.3, 0.4) is 0 Å². The van der Waals surface area contributed by atoms with Crippen LogP contribution in [0.25, 0.3) is 77.4 Å². The number of hydrogen-bond donors (Lipinski definition) is 0. The second-order valence-electron chi connectivity index (χ2n) is 11.8. The van der Waals surface area contributed by atoms with E-state index in [2.05, 4.69) is 84.7 Å². The maximum absolute atomic E-state index is 14.6. The SMILES string of the molecule is O=c1n(-c2cccc(-n3c4ccccc4c4ccncc43)c2)c2ccncc2n1-c1cccc(-n2c3ccccc3c3ccncc32)c1. The van der Waals surface area contributed by atoms with Crippen LogP contribution in [0.2, 0.25) is 0 Å². The van der Waals surface area contributed by atoms with Gasteiger partial charge in [0.05, 0.1) is 63.1 Å². The molecule has 4 aromatic carbocycles. The molecule has 0 saturated carbocycles. The van der Waals surface area contributed by atoms with Crippen molar-refractivity contribution in [2.75, 3.05) is 0 Å². The molecule has 0 spiro atoms. The van der Waals surface area contributed by atoms with Crippen molar-refractivity contribution in [2.24, 2.45) is 0 Å². The van der Waals surface area contributed by atoms with E-state index in [0.29, 0.717) is 0 Å². The number of pyridine rings is 3. The Balaban J connectivity index is 1.18. The van der Waals surface area contributed by atoms with Crippen LogP contribution in [-0.4, -0.2) is 33.2 Å². The fourth-order valence-corrected chi connectivity index (χ4v) is 7.28. The number of rotatable bonds is 4. The predicted octanol–water partition coefficient (Wildman–Crippen LogP) is 8.16. The smallest absolute Gasteiger partial charge is 0.308 e.